The molecular formula is C36H52N2O4. The summed E-state index contributed by atoms with van der Waals surface area (Å²) in [6.07, 6.45) is 2.73. The van der Waals surface area contributed by atoms with Crippen LogP contribution in [0.5, 0.6) is 5.75 Å². The van der Waals surface area contributed by atoms with Gasteiger partial charge in [0.1, 0.15) is 11.8 Å². The van der Waals surface area contributed by atoms with E-state index < -0.39 is 18.1 Å². The van der Waals surface area contributed by atoms with E-state index in [1.54, 1.807) is 12.0 Å². The Morgan fingerprint density at radius 3 is 2.10 bits per heavy atom. The van der Waals surface area contributed by atoms with Crippen LogP contribution in [0.3, 0.4) is 0 Å². The second kappa shape index (κ2) is 12.4. The lowest BCUT2D eigenvalue weighted by Gasteiger charge is -2.38. The summed E-state index contributed by atoms with van der Waals surface area (Å²) in [4.78, 5) is 29.5. The smallest absolute Gasteiger partial charge is 0.326 e. The molecule has 0 radical (unpaired) electrons. The molecule has 230 valence electrons. The van der Waals surface area contributed by atoms with Crippen LogP contribution in [-0.4, -0.2) is 41.1 Å². The zero-order valence-electron chi connectivity index (χ0n) is 27.1. The highest BCUT2D eigenvalue weighted by atomic mass is 16.5. The molecule has 1 aliphatic heterocycles. The van der Waals surface area contributed by atoms with E-state index in [4.69, 9.17) is 4.74 Å². The molecule has 2 aromatic rings. The number of likely N-dealkylation sites (tertiary alicyclic amines) is 1. The molecular weight excluding hydrogens is 524 g/mol. The van der Waals surface area contributed by atoms with Crippen molar-refractivity contribution in [2.45, 2.75) is 105 Å². The summed E-state index contributed by atoms with van der Waals surface area (Å²) in [7, 11) is 1.68. The fraction of sp³-hybridized carbons (Fsp3) is 0.611. The predicted molar refractivity (Wildman–Crippen MR) is 168 cm³/mol. The number of carbonyl (C=O) groups excluding carboxylic acids is 1. The average molecular weight is 577 g/mol. The SMILES string of the molecule is COc1ccc(C(C)(C)C)cc1CN[C@H]1[C@H](C(C)(C)C)[C@@H](C(=O)O)N(C(=O)[C@@H]2C[C@H](C)C[C@H](C)C2)[C@H]1c1ccccc1. The molecule has 42 heavy (non-hydrogen) atoms. The number of hydrogen-bond donors (Lipinski definition) is 2. The monoisotopic (exact) mass is 576 g/mol. The number of methoxy groups -OCH3 is 1. The van der Waals surface area contributed by atoms with Crippen molar-refractivity contribution in [2.75, 3.05) is 7.11 Å². The summed E-state index contributed by atoms with van der Waals surface area (Å²) in [5.41, 5.74) is 2.79. The number of ether oxygens (including phenoxy) is 1. The third kappa shape index (κ3) is 6.69. The van der Waals surface area contributed by atoms with Crippen LogP contribution >= 0.6 is 0 Å². The number of carbonyl (C=O) groups is 2. The van der Waals surface area contributed by atoms with Gasteiger partial charge in [-0.1, -0.05) is 97.9 Å². The maximum absolute atomic E-state index is 14.6. The first-order valence-corrected chi connectivity index (χ1v) is 15.6. The molecule has 1 heterocycles. The number of carboxylic acids is 1. The molecule has 6 nitrogen and oxygen atoms in total. The number of nitrogens with zero attached hydrogens (tertiary/aromatic N) is 1. The number of carboxylic acid groups (broad SMARTS) is 1. The molecule has 0 bridgehead atoms. The van der Waals surface area contributed by atoms with Crippen LogP contribution in [0, 0.1) is 29.1 Å². The van der Waals surface area contributed by atoms with Gasteiger partial charge in [0.25, 0.3) is 0 Å². The summed E-state index contributed by atoms with van der Waals surface area (Å²) >= 11 is 0. The Labute approximate surface area is 253 Å². The van der Waals surface area contributed by atoms with E-state index in [9.17, 15) is 14.7 Å². The summed E-state index contributed by atoms with van der Waals surface area (Å²) in [5.74, 6) is 0.250. The fourth-order valence-corrected chi connectivity index (χ4v) is 7.70. The molecule has 1 saturated carbocycles. The first kappa shape index (κ1) is 32.1. The lowest BCUT2D eigenvalue weighted by Crippen LogP contribution is -2.49. The third-order valence-corrected chi connectivity index (χ3v) is 9.52. The van der Waals surface area contributed by atoms with Gasteiger partial charge in [-0.3, -0.25) is 4.79 Å². The van der Waals surface area contributed by atoms with Crippen LogP contribution in [0.2, 0.25) is 0 Å². The molecule has 2 aliphatic rings. The lowest BCUT2D eigenvalue weighted by molar-refractivity contribution is -0.155. The summed E-state index contributed by atoms with van der Waals surface area (Å²) in [6.45, 7) is 17.8. The van der Waals surface area contributed by atoms with Gasteiger partial charge in [0.05, 0.1) is 13.2 Å². The summed E-state index contributed by atoms with van der Waals surface area (Å²) in [5, 5.41) is 14.6. The van der Waals surface area contributed by atoms with Crippen molar-refractivity contribution >= 4 is 11.9 Å². The van der Waals surface area contributed by atoms with Crippen molar-refractivity contribution in [1.82, 2.24) is 10.2 Å². The molecule has 0 unspecified atom stereocenters. The second-order valence-electron chi connectivity index (χ2n) is 15.1. The van der Waals surface area contributed by atoms with Gasteiger partial charge in [0.15, 0.2) is 0 Å². The fourth-order valence-electron chi connectivity index (χ4n) is 7.70. The first-order valence-electron chi connectivity index (χ1n) is 15.6. The van der Waals surface area contributed by atoms with E-state index in [-0.39, 0.29) is 34.6 Å². The minimum Gasteiger partial charge on any atom is -0.496 e. The molecule has 2 fully saturated rings. The van der Waals surface area contributed by atoms with Crippen molar-refractivity contribution in [3.05, 3.63) is 65.2 Å². The molecule has 2 aromatic carbocycles. The normalized spacial score (nSPS) is 28.5. The molecule has 2 N–H and O–H groups in total. The number of hydrogen-bond acceptors (Lipinski definition) is 4. The zero-order valence-corrected chi connectivity index (χ0v) is 27.1. The maximum atomic E-state index is 14.6. The summed E-state index contributed by atoms with van der Waals surface area (Å²) < 4.78 is 5.75. The van der Waals surface area contributed by atoms with E-state index in [0.717, 1.165) is 36.1 Å². The Hall–Kier alpha value is -2.86. The maximum Gasteiger partial charge on any atom is 0.326 e. The van der Waals surface area contributed by atoms with Gasteiger partial charge in [-0.15, -0.1) is 0 Å². The predicted octanol–water partition coefficient (Wildman–Crippen LogP) is 7.22. The zero-order chi connectivity index (χ0) is 31.0. The Balaban J connectivity index is 1.82. The van der Waals surface area contributed by atoms with Crippen molar-refractivity contribution in [3.8, 4) is 5.75 Å². The van der Waals surface area contributed by atoms with E-state index in [0.29, 0.717) is 18.4 Å². The van der Waals surface area contributed by atoms with Crippen LogP contribution in [-0.2, 0) is 21.5 Å². The molecule has 1 aliphatic carbocycles. The Kier molecular flexibility index (Phi) is 9.46. The highest BCUT2D eigenvalue weighted by Crippen LogP contribution is 2.50. The first-order chi connectivity index (χ1) is 19.6. The quantitative estimate of drug-likeness (QED) is 0.364. The largest absolute Gasteiger partial charge is 0.496 e. The van der Waals surface area contributed by atoms with Crippen LogP contribution < -0.4 is 10.1 Å². The van der Waals surface area contributed by atoms with Crippen LogP contribution in [0.25, 0.3) is 0 Å². The van der Waals surface area contributed by atoms with Gasteiger partial charge in [0.2, 0.25) is 5.91 Å². The van der Waals surface area contributed by atoms with Crippen molar-refractivity contribution in [2.24, 2.45) is 29.1 Å². The van der Waals surface area contributed by atoms with E-state index >= 15 is 0 Å². The van der Waals surface area contributed by atoms with Gasteiger partial charge >= 0.3 is 5.97 Å². The Morgan fingerprint density at radius 1 is 0.952 bits per heavy atom. The van der Waals surface area contributed by atoms with Gasteiger partial charge in [0, 0.05) is 30.0 Å². The van der Waals surface area contributed by atoms with Gasteiger partial charge < -0.3 is 20.1 Å². The second-order valence-corrected chi connectivity index (χ2v) is 15.1. The van der Waals surface area contributed by atoms with Crippen LogP contribution in [0.4, 0.5) is 0 Å². The number of nitrogens with one attached hydrogen (secondary N) is 1. The van der Waals surface area contributed by atoms with E-state index in [2.05, 4.69) is 72.8 Å². The van der Waals surface area contributed by atoms with Gasteiger partial charge in [-0.25, -0.2) is 4.79 Å². The topological polar surface area (TPSA) is 78.9 Å². The average Bonchev–Trinajstić information content (AvgIpc) is 3.26. The minimum absolute atomic E-state index is 0.0134. The van der Waals surface area contributed by atoms with Crippen LogP contribution in [0.15, 0.2) is 48.5 Å². The minimum atomic E-state index is -0.935. The Bertz CT molecular complexity index is 1240. The number of rotatable bonds is 7. The highest BCUT2D eigenvalue weighted by molar-refractivity contribution is 5.87. The molecule has 4 rings (SSSR count). The van der Waals surface area contributed by atoms with E-state index in [1.807, 2.05) is 36.4 Å². The molecule has 1 amide bonds. The molecule has 6 heteroatoms. The molecule has 7 atom stereocenters. The summed E-state index contributed by atoms with van der Waals surface area (Å²) in [6, 6.07) is 14.7. The van der Waals surface area contributed by atoms with Crippen molar-refractivity contribution < 1.29 is 19.4 Å². The molecule has 0 spiro atoms. The third-order valence-electron chi connectivity index (χ3n) is 9.52. The lowest BCUT2D eigenvalue weighted by atomic mass is 9.72. The van der Waals surface area contributed by atoms with Crippen LogP contribution in [0.1, 0.15) is 97.4 Å². The van der Waals surface area contributed by atoms with Crippen molar-refractivity contribution in [1.29, 1.82) is 0 Å². The van der Waals surface area contributed by atoms with Crippen molar-refractivity contribution in [3.63, 3.8) is 0 Å². The van der Waals surface area contributed by atoms with Gasteiger partial charge in [-0.2, -0.15) is 0 Å². The standard InChI is InChI=1S/C36H52N2O4/c1-22-17-23(2)19-25(18-22)33(39)38-31(24-13-11-10-12-14-24)30(29(36(6,7)8)32(38)34(40)41)37-21-26-20-27(35(3,4)5)15-16-28(26)42-9/h10-16,20,22-23,25,29-32,37H,17-19,21H2,1-9H3,(H,40,41)/t22-,23+,25-,29-,30-,31-,32-/m0/s1. The Morgan fingerprint density at radius 2 is 1.57 bits per heavy atom. The molecule has 1 saturated heterocycles. The number of benzene rings is 2. The number of amides is 1. The van der Waals surface area contributed by atoms with Gasteiger partial charge in [-0.05, 0) is 59.1 Å². The van der Waals surface area contributed by atoms with E-state index in [1.165, 1.54) is 5.56 Å². The number of aliphatic carboxylic acids is 1. The molecule has 0 aromatic heterocycles. The highest BCUT2D eigenvalue weighted by Gasteiger charge is 2.58.